The SMILES string of the molecule is COc1ccccc1/C=C1\SC(=O)N(CC(=O)N[C@@H]2CSC[C@H]2O)C1=O. The zero-order chi connectivity index (χ0) is 18.7. The molecule has 3 rings (SSSR count). The van der Waals surface area contributed by atoms with Gasteiger partial charge < -0.3 is 15.2 Å². The van der Waals surface area contributed by atoms with Gasteiger partial charge in [-0.3, -0.25) is 19.3 Å². The number of carbonyl (C=O) groups excluding carboxylic acids is 3. The smallest absolute Gasteiger partial charge is 0.294 e. The average Bonchev–Trinajstić information content (AvgIpc) is 3.13. The predicted molar refractivity (Wildman–Crippen MR) is 101 cm³/mol. The average molecular weight is 394 g/mol. The van der Waals surface area contributed by atoms with E-state index in [1.54, 1.807) is 36.0 Å². The lowest BCUT2D eigenvalue weighted by molar-refractivity contribution is -0.129. The van der Waals surface area contributed by atoms with Crippen molar-refractivity contribution in [2.24, 2.45) is 0 Å². The molecule has 7 nitrogen and oxygen atoms in total. The van der Waals surface area contributed by atoms with Crippen molar-refractivity contribution in [3.63, 3.8) is 0 Å². The van der Waals surface area contributed by atoms with Crippen LogP contribution >= 0.6 is 23.5 Å². The van der Waals surface area contributed by atoms with E-state index in [0.717, 1.165) is 16.7 Å². The van der Waals surface area contributed by atoms with Crippen LogP contribution in [-0.4, -0.2) is 64.4 Å². The van der Waals surface area contributed by atoms with E-state index in [9.17, 15) is 19.5 Å². The number of nitrogens with zero attached hydrogens (tertiary/aromatic N) is 1. The summed E-state index contributed by atoms with van der Waals surface area (Å²) in [5, 5.41) is 11.9. The van der Waals surface area contributed by atoms with Crippen molar-refractivity contribution < 1.29 is 24.2 Å². The normalized spacial score (nSPS) is 24.4. The van der Waals surface area contributed by atoms with Crippen LogP contribution in [0.15, 0.2) is 29.2 Å². The lowest BCUT2D eigenvalue weighted by atomic mass is 10.2. The first-order valence-corrected chi connectivity index (χ1v) is 9.90. The van der Waals surface area contributed by atoms with Gasteiger partial charge in [-0.1, -0.05) is 18.2 Å². The van der Waals surface area contributed by atoms with Gasteiger partial charge in [-0.05, 0) is 23.9 Å². The fraction of sp³-hybridized carbons (Fsp3) is 0.353. The largest absolute Gasteiger partial charge is 0.496 e. The van der Waals surface area contributed by atoms with Gasteiger partial charge in [-0.25, -0.2) is 0 Å². The van der Waals surface area contributed by atoms with E-state index in [0.29, 0.717) is 22.8 Å². The molecule has 2 saturated heterocycles. The van der Waals surface area contributed by atoms with Crippen LogP contribution in [0.3, 0.4) is 0 Å². The summed E-state index contributed by atoms with van der Waals surface area (Å²) in [6.07, 6.45) is 0.975. The summed E-state index contributed by atoms with van der Waals surface area (Å²) in [6.45, 7) is -0.359. The summed E-state index contributed by atoms with van der Waals surface area (Å²) >= 11 is 2.33. The maximum Gasteiger partial charge on any atom is 0.294 e. The second-order valence-corrected chi connectivity index (χ2v) is 7.86. The Morgan fingerprint density at radius 1 is 1.38 bits per heavy atom. The van der Waals surface area contributed by atoms with E-state index in [2.05, 4.69) is 5.32 Å². The molecule has 1 aromatic carbocycles. The minimum Gasteiger partial charge on any atom is -0.496 e. The highest BCUT2D eigenvalue weighted by Crippen LogP contribution is 2.33. The second kappa shape index (κ2) is 8.15. The third kappa shape index (κ3) is 4.05. The summed E-state index contributed by atoms with van der Waals surface area (Å²) in [5.74, 6) is 0.793. The van der Waals surface area contributed by atoms with Gasteiger partial charge in [0.05, 0.1) is 24.2 Å². The Balaban J connectivity index is 1.68. The van der Waals surface area contributed by atoms with Crippen molar-refractivity contribution in [3.05, 3.63) is 34.7 Å². The molecule has 3 amide bonds. The summed E-state index contributed by atoms with van der Waals surface area (Å²) in [4.78, 5) is 37.9. The molecule has 0 spiro atoms. The van der Waals surface area contributed by atoms with Crippen LogP contribution in [0.1, 0.15) is 5.56 Å². The van der Waals surface area contributed by atoms with Crippen LogP contribution < -0.4 is 10.1 Å². The molecule has 2 heterocycles. The van der Waals surface area contributed by atoms with Crippen molar-refractivity contribution in [3.8, 4) is 5.75 Å². The highest BCUT2D eigenvalue weighted by molar-refractivity contribution is 8.18. The van der Waals surface area contributed by atoms with E-state index in [1.165, 1.54) is 7.11 Å². The molecule has 0 radical (unpaired) electrons. The molecular formula is C17H18N2O5S2. The van der Waals surface area contributed by atoms with Crippen LogP contribution in [0.2, 0.25) is 0 Å². The maximum absolute atomic E-state index is 12.5. The van der Waals surface area contributed by atoms with Crippen molar-refractivity contribution in [2.45, 2.75) is 12.1 Å². The van der Waals surface area contributed by atoms with Gasteiger partial charge in [0.15, 0.2) is 0 Å². The molecule has 1 aromatic rings. The Hall–Kier alpha value is -1.97. The zero-order valence-electron chi connectivity index (χ0n) is 14.0. The lowest BCUT2D eigenvalue weighted by Gasteiger charge is -2.18. The number of aliphatic hydroxyl groups is 1. The van der Waals surface area contributed by atoms with E-state index in [4.69, 9.17) is 4.74 Å². The number of nitrogens with one attached hydrogen (secondary N) is 1. The first-order valence-electron chi connectivity index (χ1n) is 7.93. The number of hydrogen-bond donors (Lipinski definition) is 2. The van der Waals surface area contributed by atoms with Gasteiger partial charge in [0.1, 0.15) is 12.3 Å². The van der Waals surface area contributed by atoms with Gasteiger partial charge >= 0.3 is 0 Å². The number of rotatable bonds is 5. The Kier molecular flexibility index (Phi) is 5.90. The monoisotopic (exact) mass is 394 g/mol. The summed E-state index contributed by atoms with van der Waals surface area (Å²) in [5.41, 5.74) is 0.677. The molecule has 2 atom stereocenters. The van der Waals surface area contributed by atoms with Gasteiger partial charge in [-0.15, -0.1) is 0 Å². The third-order valence-corrected chi connectivity index (χ3v) is 6.08. The highest BCUT2D eigenvalue weighted by Gasteiger charge is 2.37. The molecule has 138 valence electrons. The van der Waals surface area contributed by atoms with Crippen molar-refractivity contribution >= 4 is 46.7 Å². The first kappa shape index (κ1) is 18.8. The number of hydrogen-bond acceptors (Lipinski definition) is 7. The van der Waals surface area contributed by atoms with Gasteiger partial charge in [0, 0.05) is 17.1 Å². The number of para-hydroxylation sites is 1. The van der Waals surface area contributed by atoms with E-state index in [-0.39, 0.29) is 17.5 Å². The Morgan fingerprint density at radius 2 is 2.15 bits per heavy atom. The van der Waals surface area contributed by atoms with Crippen LogP contribution in [0.4, 0.5) is 4.79 Å². The molecule has 2 fully saturated rings. The Morgan fingerprint density at radius 3 is 2.85 bits per heavy atom. The molecule has 9 heteroatoms. The van der Waals surface area contributed by atoms with Gasteiger partial charge in [-0.2, -0.15) is 11.8 Å². The van der Waals surface area contributed by atoms with Crippen LogP contribution in [0.5, 0.6) is 5.75 Å². The Bertz CT molecular complexity index is 767. The first-order chi connectivity index (χ1) is 12.5. The lowest BCUT2D eigenvalue weighted by Crippen LogP contribution is -2.47. The van der Waals surface area contributed by atoms with Gasteiger partial charge in [0.25, 0.3) is 11.1 Å². The number of carbonyl (C=O) groups is 3. The molecule has 2 aliphatic rings. The van der Waals surface area contributed by atoms with E-state index >= 15 is 0 Å². The van der Waals surface area contributed by atoms with Gasteiger partial charge in [0.2, 0.25) is 5.91 Å². The van der Waals surface area contributed by atoms with Crippen molar-refractivity contribution in [2.75, 3.05) is 25.2 Å². The fourth-order valence-corrected chi connectivity index (χ4v) is 4.64. The van der Waals surface area contributed by atoms with Crippen molar-refractivity contribution in [1.29, 1.82) is 0 Å². The molecular weight excluding hydrogens is 376 g/mol. The minimum atomic E-state index is -0.607. The minimum absolute atomic E-state index is 0.240. The molecule has 0 bridgehead atoms. The number of methoxy groups -OCH3 is 1. The summed E-state index contributed by atoms with van der Waals surface area (Å²) in [7, 11) is 1.53. The van der Waals surface area contributed by atoms with Crippen LogP contribution in [-0.2, 0) is 9.59 Å². The number of imide groups is 1. The number of aliphatic hydroxyl groups excluding tert-OH is 1. The molecule has 2 aliphatic heterocycles. The number of benzene rings is 1. The highest BCUT2D eigenvalue weighted by atomic mass is 32.2. The Labute approximate surface area is 159 Å². The van der Waals surface area contributed by atoms with Crippen LogP contribution in [0.25, 0.3) is 6.08 Å². The zero-order valence-corrected chi connectivity index (χ0v) is 15.6. The molecule has 0 unspecified atom stereocenters. The van der Waals surface area contributed by atoms with Crippen molar-refractivity contribution in [1.82, 2.24) is 10.2 Å². The maximum atomic E-state index is 12.5. The fourth-order valence-electron chi connectivity index (χ4n) is 2.64. The standard InChI is InChI=1S/C17H18N2O5S2/c1-24-13-5-3-2-4-10(13)6-14-16(22)19(17(23)26-14)7-15(21)18-11-8-25-9-12(11)20/h2-6,11-12,20H,7-9H2,1H3,(H,18,21)/b14-6-/t11-,12-/m1/s1. The number of ether oxygens (including phenoxy) is 1. The van der Waals surface area contributed by atoms with E-state index in [1.807, 2.05) is 6.07 Å². The quantitative estimate of drug-likeness (QED) is 0.727. The van der Waals surface area contributed by atoms with Crippen LogP contribution in [0, 0.1) is 0 Å². The topological polar surface area (TPSA) is 95.9 Å². The summed E-state index contributed by atoms with van der Waals surface area (Å²) < 4.78 is 5.24. The molecule has 0 saturated carbocycles. The number of thioether (sulfide) groups is 2. The summed E-state index contributed by atoms with van der Waals surface area (Å²) in [6, 6.07) is 6.79. The molecule has 2 N–H and O–H groups in total. The predicted octanol–water partition coefficient (Wildman–Crippen LogP) is 1.32. The molecule has 26 heavy (non-hydrogen) atoms. The van der Waals surface area contributed by atoms with E-state index < -0.39 is 23.2 Å². The second-order valence-electron chi connectivity index (χ2n) is 5.79. The molecule has 0 aliphatic carbocycles. The third-order valence-electron chi connectivity index (χ3n) is 4.00. The molecule has 0 aromatic heterocycles. The number of amides is 3.